The number of hydrogen-bond acceptors (Lipinski definition) is 10. The van der Waals surface area contributed by atoms with Gasteiger partial charge < -0.3 is 29.9 Å². The van der Waals surface area contributed by atoms with Crippen molar-refractivity contribution in [2.24, 2.45) is 10.8 Å². The summed E-state index contributed by atoms with van der Waals surface area (Å²) in [5, 5.41) is 39.2. The van der Waals surface area contributed by atoms with Gasteiger partial charge in [-0.3, -0.25) is 27.9 Å². The molecule has 0 spiro atoms. The number of aliphatic hydroxyl groups is 4. The third-order valence-electron chi connectivity index (χ3n) is 14.0. The van der Waals surface area contributed by atoms with Gasteiger partial charge in [-0.15, -0.1) is 0 Å². The molecule has 6 atom stereocenters. The summed E-state index contributed by atoms with van der Waals surface area (Å²) < 4.78 is 16.4. The largest absolute Gasteiger partial charge is 0.394 e. The average Bonchev–Trinajstić information content (AvgIpc) is 3.80. The van der Waals surface area contributed by atoms with Crippen LogP contribution in [0.1, 0.15) is 156 Å². The Morgan fingerprint density at radius 3 is 1.28 bits per heavy atom. The number of aryl methyl sites for hydroxylation is 2. The van der Waals surface area contributed by atoms with E-state index in [0.29, 0.717) is 11.1 Å². The Morgan fingerprint density at radius 1 is 0.609 bits per heavy atom. The highest BCUT2D eigenvalue weighted by molar-refractivity contribution is 5.10. The zero-order chi connectivity index (χ0) is 47.5. The van der Waals surface area contributed by atoms with Crippen LogP contribution in [0.2, 0.25) is 0 Å². The van der Waals surface area contributed by atoms with Crippen LogP contribution in [0.15, 0.2) is 78.2 Å². The summed E-state index contributed by atoms with van der Waals surface area (Å²) in [7, 11) is 0. The van der Waals surface area contributed by atoms with Crippen molar-refractivity contribution in [3.63, 3.8) is 0 Å². The van der Waals surface area contributed by atoms with Crippen LogP contribution in [0.3, 0.4) is 0 Å². The van der Waals surface area contributed by atoms with Crippen molar-refractivity contribution >= 4 is 0 Å². The summed E-state index contributed by atoms with van der Waals surface area (Å²) >= 11 is 0. The molecule has 0 radical (unpaired) electrons. The van der Waals surface area contributed by atoms with Crippen molar-refractivity contribution < 1.29 is 29.9 Å². The third-order valence-corrected chi connectivity index (χ3v) is 14.0. The van der Waals surface area contributed by atoms with E-state index >= 15 is 0 Å². The average molecular weight is 895 g/mol. The molecule has 2 saturated heterocycles. The van der Waals surface area contributed by atoms with Crippen molar-refractivity contribution in [2.45, 2.75) is 196 Å². The Balaban J connectivity index is 1.18. The normalized spacial score (nSPS) is 22.8. The van der Waals surface area contributed by atoms with Gasteiger partial charge in [-0.1, -0.05) is 74.3 Å². The molecule has 6 unspecified atom stereocenters. The molecule has 4 N–H and O–H groups in total. The van der Waals surface area contributed by atoms with Crippen LogP contribution >= 0.6 is 0 Å². The topological polar surface area (TPSA) is 187 Å². The molecule has 4 heterocycles. The highest BCUT2D eigenvalue weighted by Gasteiger charge is 2.37. The molecule has 358 valence electrons. The first-order valence-corrected chi connectivity index (χ1v) is 23.3. The molecule has 0 saturated carbocycles. The van der Waals surface area contributed by atoms with Gasteiger partial charge in [-0.25, -0.2) is 9.59 Å². The van der Waals surface area contributed by atoms with Crippen LogP contribution in [0.25, 0.3) is 0 Å². The Morgan fingerprint density at radius 2 is 0.953 bits per heavy atom. The second kappa shape index (κ2) is 23.5. The molecule has 0 aromatic carbocycles. The molecule has 2 aliphatic rings. The molecule has 0 aliphatic carbocycles. The first kappa shape index (κ1) is 52.7. The zero-order valence-corrected chi connectivity index (χ0v) is 40.3. The maximum Gasteiger partial charge on any atom is 0.333 e. The summed E-state index contributed by atoms with van der Waals surface area (Å²) in [6, 6.07) is 0. The summed E-state index contributed by atoms with van der Waals surface area (Å²) in [4.78, 5) is 52.3. The number of allylic oxidation sites excluding steroid dienone is 8. The minimum atomic E-state index is -0.882. The van der Waals surface area contributed by atoms with Crippen molar-refractivity contribution in [1.29, 1.82) is 0 Å². The van der Waals surface area contributed by atoms with E-state index < -0.39 is 48.3 Å². The van der Waals surface area contributed by atoms with Gasteiger partial charge in [0.05, 0.1) is 25.4 Å². The van der Waals surface area contributed by atoms with Crippen LogP contribution < -0.4 is 22.5 Å². The SMILES string of the molecule is CC(=CCn1c(=O)c(C)cn(C2CC(O)C(CO)O2)c1=O)CCC=C(C)CCCC(C)(C)C(C)(C)CCCC(C)=CCCC(C)=CCn1c(=O)c(C)cn(C2CC(O)C(CO)O2)c1=O. The lowest BCUT2D eigenvalue weighted by atomic mass is 9.63. The van der Waals surface area contributed by atoms with E-state index in [2.05, 4.69) is 53.7 Å². The van der Waals surface area contributed by atoms with Crippen molar-refractivity contribution in [1.82, 2.24) is 18.3 Å². The highest BCUT2D eigenvalue weighted by atomic mass is 16.5. The number of aliphatic hydroxyl groups excluding tert-OH is 4. The van der Waals surface area contributed by atoms with Crippen molar-refractivity contribution in [2.75, 3.05) is 13.2 Å². The van der Waals surface area contributed by atoms with Gasteiger partial charge in [0.15, 0.2) is 0 Å². The highest BCUT2D eigenvalue weighted by Crippen LogP contribution is 2.46. The molecule has 64 heavy (non-hydrogen) atoms. The van der Waals surface area contributed by atoms with Gasteiger partial charge in [0.1, 0.15) is 24.7 Å². The van der Waals surface area contributed by atoms with E-state index in [9.17, 15) is 39.6 Å². The third kappa shape index (κ3) is 13.8. The standard InChI is InChI=1S/C50H78N4O10/c1-33(15-11-17-35(3)21-25-51-45(59)37(5)29-53(47(51)61)43-27-39(57)41(31-55)63-43)19-13-23-49(7,8)50(9,10)24-14-20-34(2)16-12-18-36(4)22-26-52-46(60)38(6)30-54(48(52)62)44-28-40(58)42(32-56)64-44/h15-16,21-22,29-30,39-44,55-58H,11-14,17-20,23-28,31-32H2,1-10H3. The van der Waals surface area contributed by atoms with Crippen LogP contribution in [0, 0.1) is 24.7 Å². The predicted octanol–water partition coefficient (Wildman–Crippen LogP) is 6.67. The number of nitrogens with zero attached hydrogens (tertiary/aromatic N) is 4. The Hall–Kier alpha value is -3.92. The first-order valence-electron chi connectivity index (χ1n) is 23.3. The number of aromatic nitrogens is 4. The van der Waals surface area contributed by atoms with Gasteiger partial charge in [0, 0.05) is 49.5 Å². The predicted molar refractivity (Wildman–Crippen MR) is 251 cm³/mol. The van der Waals surface area contributed by atoms with Gasteiger partial charge in [-0.05, 0) is 117 Å². The summed E-state index contributed by atoms with van der Waals surface area (Å²) in [6.07, 6.45) is 16.9. The fourth-order valence-corrected chi connectivity index (χ4v) is 8.64. The molecule has 2 aromatic heterocycles. The van der Waals surface area contributed by atoms with Crippen LogP contribution in [0.4, 0.5) is 0 Å². The molecule has 4 rings (SSSR count). The number of rotatable bonds is 23. The number of hydrogen-bond donors (Lipinski definition) is 4. The van der Waals surface area contributed by atoms with E-state index in [1.165, 1.54) is 41.8 Å². The summed E-state index contributed by atoms with van der Waals surface area (Å²) in [5.41, 5.74) is 4.37. The first-order chi connectivity index (χ1) is 30.1. The fraction of sp³-hybridized carbons (Fsp3) is 0.680. The van der Waals surface area contributed by atoms with E-state index in [1.807, 2.05) is 26.0 Å². The summed E-state index contributed by atoms with van der Waals surface area (Å²) in [6.45, 7) is 20.9. The molecule has 14 heteroatoms. The van der Waals surface area contributed by atoms with E-state index in [-0.39, 0.29) is 61.1 Å². The van der Waals surface area contributed by atoms with Gasteiger partial charge >= 0.3 is 11.4 Å². The van der Waals surface area contributed by atoms with Crippen molar-refractivity contribution in [3.8, 4) is 0 Å². The molecule has 0 amide bonds. The molecule has 2 aliphatic heterocycles. The zero-order valence-electron chi connectivity index (χ0n) is 40.3. The van der Waals surface area contributed by atoms with Crippen LogP contribution in [-0.4, -0.2) is 76.3 Å². The van der Waals surface area contributed by atoms with Crippen LogP contribution in [0.5, 0.6) is 0 Å². The quantitative estimate of drug-likeness (QED) is 0.0878. The Bertz CT molecular complexity index is 2100. The van der Waals surface area contributed by atoms with Gasteiger partial charge in [0.25, 0.3) is 11.1 Å². The van der Waals surface area contributed by atoms with Gasteiger partial charge in [0.2, 0.25) is 0 Å². The molecule has 2 aromatic rings. The fourth-order valence-electron chi connectivity index (χ4n) is 8.64. The minimum Gasteiger partial charge on any atom is -0.394 e. The van der Waals surface area contributed by atoms with E-state index in [4.69, 9.17) is 9.47 Å². The lowest BCUT2D eigenvalue weighted by Gasteiger charge is -2.42. The van der Waals surface area contributed by atoms with Crippen LogP contribution in [-0.2, 0) is 22.6 Å². The second-order valence-corrected chi connectivity index (χ2v) is 19.8. The maximum absolute atomic E-state index is 13.3. The maximum atomic E-state index is 13.3. The van der Waals surface area contributed by atoms with E-state index in [1.54, 1.807) is 13.8 Å². The van der Waals surface area contributed by atoms with E-state index in [0.717, 1.165) is 75.4 Å². The second-order valence-electron chi connectivity index (χ2n) is 19.8. The molecular formula is C50H78N4O10. The summed E-state index contributed by atoms with van der Waals surface area (Å²) in [5.74, 6) is 0. The minimum absolute atomic E-state index is 0.151. The number of ether oxygens (including phenoxy) is 2. The molecule has 0 bridgehead atoms. The van der Waals surface area contributed by atoms with Crippen molar-refractivity contribution in [3.05, 3.63) is 112 Å². The monoisotopic (exact) mass is 895 g/mol. The lowest BCUT2D eigenvalue weighted by Crippen LogP contribution is -2.42. The van der Waals surface area contributed by atoms with Gasteiger partial charge in [-0.2, -0.15) is 0 Å². The Labute approximate surface area is 379 Å². The molecular weight excluding hydrogens is 817 g/mol. The smallest absolute Gasteiger partial charge is 0.333 e. The lowest BCUT2D eigenvalue weighted by molar-refractivity contribution is -0.0463. The Kier molecular flexibility index (Phi) is 19.4. The molecule has 2 fully saturated rings. The molecule has 14 nitrogen and oxygen atoms in total.